The van der Waals surface area contributed by atoms with Crippen molar-refractivity contribution in [3.63, 3.8) is 0 Å². The molecule has 0 saturated carbocycles. The van der Waals surface area contributed by atoms with Gasteiger partial charge < -0.3 is 0 Å². The van der Waals surface area contributed by atoms with Gasteiger partial charge >= 0.3 is 102 Å². The molecule has 0 bridgehead atoms. The SMILES string of the molecule is C[CH2][Ge]([CH2]C)([CH2]C)[C](C)(O)CC(=O)N(C)C. The average Bonchev–Trinajstić information content (AvgIpc) is 2.19. The van der Waals surface area contributed by atoms with Crippen molar-refractivity contribution in [1.82, 2.24) is 4.90 Å². The van der Waals surface area contributed by atoms with Crippen LogP contribution < -0.4 is 0 Å². The van der Waals surface area contributed by atoms with Crippen LogP contribution >= 0.6 is 0 Å². The molecule has 0 heterocycles. The Morgan fingerprint density at radius 3 is 1.81 bits per heavy atom. The molecule has 0 fully saturated rings. The third-order valence-corrected chi connectivity index (χ3v) is 17.9. The van der Waals surface area contributed by atoms with Gasteiger partial charge in [0.2, 0.25) is 0 Å². The molecule has 0 saturated heterocycles. The zero-order valence-corrected chi connectivity index (χ0v) is 13.7. The molecular formula is C12H27GeNO2. The van der Waals surface area contributed by atoms with Crippen molar-refractivity contribution in [2.75, 3.05) is 14.1 Å². The maximum absolute atomic E-state index is 11.7. The molecule has 3 nitrogen and oxygen atoms in total. The summed E-state index contributed by atoms with van der Waals surface area (Å²) < 4.78 is -0.737. The Balaban J connectivity index is 4.93. The molecule has 96 valence electrons. The van der Waals surface area contributed by atoms with E-state index in [1.54, 1.807) is 19.0 Å². The molecule has 0 aliphatic heterocycles. The van der Waals surface area contributed by atoms with Gasteiger partial charge in [0.15, 0.2) is 0 Å². The van der Waals surface area contributed by atoms with E-state index in [4.69, 9.17) is 0 Å². The Bertz CT molecular complexity index is 227. The van der Waals surface area contributed by atoms with Crippen molar-refractivity contribution in [2.24, 2.45) is 0 Å². The van der Waals surface area contributed by atoms with Crippen molar-refractivity contribution < 1.29 is 9.90 Å². The van der Waals surface area contributed by atoms with Crippen LogP contribution in [0.15, 0.2) is 0 Å². The van der Waals surface area contributed by atoms with Crippen LogP contribution in [-0.2, 0) is 4.79 Å². The van der Waals surface area contributed by atoms with Gasteiger partial charge in [-0.25, -0.2) is 0 Å². The predicted molar refractivity (Wildman–Crippen MR) is 71.1 cm³/mol. The van der Waals surface area contributed by atoms with Gasteiger partial charge in [-0.2, -0.15) is 0 Å². The summed E-state index contributed by atoms with van der Waals surface area (Å²) in [6.07, 6.45) is 0.287. The third-order valence-electron chi connectivity index (χ3n) is 4.17. The van der Waals surface area contributed by atoms with Crippen molar-refractivity contribution in [2.45, 2.75) is 54.3 Å². The molecule has 16 heavy (non-hydrogen) atoms. The number of aliphatic hydroxyl groups is 1. The van der Waals surface area contributed by atoms with Gasteiger partial charge in [0.25, 0.3) is 0 Å². The first kappa shape index (κ1) is 16.0. The summed E-state index contributed by atoms with van der Waals surface area (Å²) in [5.41, 5.74) is 0. The van der Waals surface area contributed by atoms with Crippen molar-refractivity contribution in [1.29, 1.82) is 0 Å². The van der Waals surface area contributed by atoms with E-state index >= 15 is 0 Å². The average molecular weight is 290 g/mol. The summed E-state index contributed by atoms with van der Waals surface area (Å²) in [5, 5.41) is 13.9. The molecule has 4 heteroatoms. The Labute approximate surface area is 103 Å². The normalized spacial score (nSPS) is 15.7. The number of carbonyl (C=O) groups is 1. The standard InChI is InChI=1S/C12H27GeNO2/c1-7-13(8-2,9-3)12(4,16)10-11(15)14(5)6/h16H,7-10H2,1-6H3. The van der Waals surface area contributed by atoms with Crippen LogP contribution in [0.5, 0.6) is 0 Å². The van der Waals surface area contributed by atoms with Gasteiger partial charge in [-0.3, -0.25) is 0 Å². The Morgan fingerprint density at radius 2 is 1.56 bits per heavy atom. The Kier molecular flexibility index (Phi) is 6.04. The molecule has 0 spiro atoms. The van der Waals surface area contributed by atoms with E-state index < -0.39 is 17.7 Å². The predicted octanol–water partition coefficient (Wildman–Crippen LogP) is 2.26. The molecule has 0 aromatic heterocycles. The second-order valence-electron chi connectivity index (χ2n) is 5.08. The van der Waals surface area contributed by atoms with Gasteiger partial charge in [0, 0.05) is 0 Å². The fourth-order valence-corrected chi connectivity index (χ4v) is 11.6. The molecule has 0 aromatic carbocycles. The topological polar surface area (TPSA) is 40.5 Å². The second-order valence-corrected chi connectivity index (χ2v) is 17.2. The van der Waals surface area contributed by atoms with Gasteiger partial charge in [0.1, 0.15) is 0 Å². The van der Waals surface area contributed by atoms with Crippen LogP contribution in [0.1, 0.15) is 34.1 Å². The van der Waals surface area contributed by atoms with E-state index in [0.29, 0.717) is 0 Å². The van der Waals surface area contributed by atoms with E-state index in [2.05, 4.69) is 20.8 Å². The molecule has 0 aromatic rings. The number of hydrogen-bond donors (Lipinski definition) is 1. The first-order valence-electron chi connectivity index (χ1n) is 6.18. The van der Waals surface area contributed by atoms with Crippen LogP contribution in [0, 0.1) is 0 Å². The number of amides is 1. The van der Waals surface area contributed by atoms with Gasteiger partial charge in [-0.1, -0.05) is 0 Å². The van der Waals surface area contributed by atoms with E-state index in [-0.39, 0.29) is 12.3 Å². The Morgan fingerprint density at radius 1 is 1.19 bits per heavy atom. The fraction of sp³-hybridized carbons (Fsp3) is 0.917. The summed E-state index contributed by atoms with van der Waals surface area (Å²) in [4.78, 5) is 13.3. The summed E-state index contributed by atoms with van der Waals surface area (Å²) in [6, 6.07) is 0. The van der Waals surface area contributed by atoms with E-state index in [0.717, 1.165) is 15.8 Å². The van der Waals surface area contributed by atoms with Crippen LogP contribution in [0.2, 0.25) is 15.8 Å². The number of nitrogens with zero attached hydrogens (tertiary/aromatic N) is 1. The summed E-state index contributed by atoms with van der Waals surface area (Å²) in [5.74, 6) is 0.0374. The zero-order valence-electron chi connectivity index (χ0n) is 11.6. The van der Waals surface area contributed by atoms with E-state index in [1.807, 2.05) is 6.92 Å². The van der Waals surface area contributed by atoms with E-state index in [1.165, 1.54) is 0 Å². The van der Waals surface area contributed by atoms with E-state index in [9.17, 15) is 9.90 Å². The van der Waals surface area contributed by atoms with Gasteiger partial charge in [-0.05, 0) is 0 Å². The second kappa shape index (κ2) is 6.05. The molecular weight excluding hydrogens is 263 g/mol. The summed E-state index contributed by atoms with van der Waals surface area (Å²) >= 11 is -2.30. The number of rotatable bonds is 6. The fourth-order valence-electron chi connectivity index (χ4n) is 2.53. The van der Waals surface area contributed by atoms with Crippen LogP contribution in [0.25, 0.3) is 0 Å². The molecule has 1 atom stereocenters. The molecule has 0 aliphatic rings. The third kappa shape index (κ3) is 3.23. The Hall–Kier alpha value is -0.0271. The van der Waals surface area contributed by atoms with Crippen LogP contribution in [-0.4, -0.2) is 47.7 Å². The van der Waals surface area contributed by atoms with Gasteiger partial charge in [-0.15, -0.1) is 0 Å². The monoisotopic (exact) mass is 291 g/mol. The van der Waals surface area contributed by atoms with Gasteiger partial charge in [0.05, 0.1) is 0 Å². The van der Waals surface area contributed by atoms with Crippen LogP contribution in [0.3, 0.4) is 0 Å². The van der Waals surface area contributed by atoms with Crippen LogP contribution in [0.4, 0.5) is 0 Å². The number of hydrogen-bond acceptors (Lipinski definition) is 2. The molecule has 0 radical (unpaired) electrons. The molecule has 1 unspecified atom stereocenters. The first-order valence-corrected chi connectivity index (χ1v) is 11.7. The number of carbonyl (C=O) groups excluding carboxylic acids is 1. The quantitative estimate of drug-likeness (QED) is 0.762. The maximum atomic E-state index is 11.7. The van der Waals surface area contributed by atoms with Crippen molar-refractivity contribution in [3.05, 3.63) is 0 Å². The molecule has 1 amide bonds. The van der Waals surface area contributed by atoms with Crippen molar-refractivity contribution in [3.8, 4) is 0 Å². The van der Waals surface area contributed by atoms with Crippen molar-refractivity contribution >= 4 is 19.2 Å². The zero-order chi connectivity index (χ0) is 13.0. The summed E-state index contributed by atoms with van der Waals surface area (Å²) in [6.45, 7) is 8.38. The minimum absolute atomic E-state index is 0.0374. The first-order chi connectivity index (χ1) is 7.26. The minimum atomic E-state index is -2.30. The summed E-state index contributed by atoms with van der Waals surface area (Å²) in [7, 11) is 3.49. The molecule has 0 aliphatic carbocycles. The molecule has 0 rings (SSSR count). The molecule has 1 N–H and O–H groups in total.